The number of nitrogens with two attached hydrogens (primary N) is 1. The Morgan fingerprint density at radius 1 is 1.07 bits per heavy atom. The molecule has 1 aromatic rings. The molecule has 0 saturated heterocycles. The van der Waals surface area contributed by atoms with E-state index in [9.17, 15) is 24.0 Å². The summed E-state index contributed by atoms with van der Waals surface area (Å²) in [6.45, 7) is 2.44. The first-order valence-corrected chi connectivity index (χ1v) is 8.63. The molecule has 11 nitrogen and oxygen atoms in total. The second-order valence-corrected chi connectivity index (χ2v) is 6.15. The number of aliphatic carboxylic acids is 1. The molecule has 0 unspecified atom stereocenters. The molecular weight excluding hydrogens is 384 g/mol. The Morgan fingerprint density at radius 3 is 2.21 bits per heavy atom. The number of primary amides is 1. The fourth-order valence-electron chi connectivity index (χ4n) is 2.07. The molecule has 0 aliphatic carbocycles. The topological polar surface area (TPSA) is 177 Å². The molecule has 1 aromatic carbocycles. The summed E-state index contributed by atoms with van der Waals surface area (Å²) in [5.74, 6) is -4.11. The van der Waals surface area contributed by atoms with Gasteiger partial charge in [-0.15, -0.1) is 0 Å². The van der Waals surface area contributed by atoms with Gasteiger partial charge < -0.3 is 31.5 Å². The van der Waals surface area contributed by atoms with Crippen LogP contribution in [0.3, 0.4) is 0 Å². The Kier molecular flexibility index (Phi) is 8.42. The molecule has 0 radical (unpaired) electrons. The van der Waals surface area contributed by atoms with Crippen molar-refractivity contribution < 1.29 is 35.2 Å². The van der Waals surface area contributed by atoms with E-state index in [1.165, 1.54) is 13.8 Å². The van der Waals surface area contributed by atoms with Crippen LogP contribution in [0.1, 0.15) is 25.8 Å². The molecule has 11 heteroatoms. The Bertz CT molecular complexity index is 790. The molecule has 4 amide bonds. The molecular formula is C18H24N4O7. The summed E-state index contributed by atoms with van der Waals surface area (Å²) >= 11 is 0. The standard InChI is InChI=1S/C18H24N4O7/c1-10(16(25)22-13(17(26)27)8-14(19)23)20-15(24)11(2)21-18(28)29-9-12-6-4-3-5-7-12/h3-7,10-11,13H,8-9H2,1-2H3,(H2,19,23)(H,20,24)(H,21,28)(H,22,25)(H,26,27)/t10-,11-,13-/m0/s1/i/hD. The van der Waals surface area contributed by atoms with Gasteiger partial charge >= 0.3 is 12.1 Å². The van der Waals surface area contributed by atoms with Gasteiger partial charge in [0.1, 0.15) is 24.7 Å². The second kappa shape index (κ2) is 11.3. The third-order valence-electron chi connectivity index (χ3n) is 3.66. The van der Waals surface area contributed by atoms with E-state index in [-0.39, 0.29) is 6.61 Å². The van der Waals surface area contributed by atoms with Crippen LogP contribution in [0, 0.1) is 0 Å². The number of hydrogen-bond acceptors (Lipinski definition) is 6. The normalized spacial score (nSPS) is 13.8. The molecule has 3 atom stereocenters. The molecule has 0 aliphatic heterocycles. The van der Waals surface area contributed by atoms with E-state index in [1.807, 2.05) is 0 Å². The van der Waals surface area contributed by atoms with E-state index >= 15 is 0 Å². The van der Waals surface area contributed by atoms with Crippen LogP contribution >= 0.6 is 0 Å². The number of hydrogen-bond donors (Lipinski definition) is 5. The summed E-state index contributed by atoms with van der Waals surface area (Å²) in [6, 6.07) is 4.69. The van der Waals surface area contributed by atoms with Crippen molar-refractivity contribution in [1.82, 2.24) is 15.9 Å². The average molecular weight is 409 g/mol. The van der Waals surface area contributed by atoms with Crippen LogP contribution in [-0.2, 0) is 30.5 Å². The highest BCUT2D eigenvalue weighted by molar-refractivity contribution is 5.93. The first kappa shape index (κ1) is 21.7. The molecule has 0 saturated carbocycles. The Labute approximate surface area is 168 Å². The number of carbonyl (C=O) groups excluding carboxylic acids is 4. The molecule has 1 rings (SSSR count). The number of carbonyl (C=O) groups is 5. The summed E-state index contributed by atoms with van der Waals surface area (Å²) < 4.78 is 12.7. The average Bonchev–Trinajstić information content (AvgIpc) is 2.70. The maximum atomic E-state index is 12.2. The lowest BCUT2D eigenvalue weighted by Gasteiger charge is -2.20. The van der Waals surface area contributed by atoms with Gasteiger partial charge in [0, 0.05) is 0 Å². The summed E-state index contributed by atoms with van der Waals surface area (Å²) in [6.07, 6.45) is -1.68. The summed E-state index contributed by atoms with van der Waals surface area (Å²) in [4.78, 5) is 58.2. The summed E-state index contributed by atoms with van der Waals surface area (Å²) in [7, 11) is 0. The van der Waals surface area contributed by atoms with E-state index in [2.05, 4.69) is 10.6 Å². The first-order chi connectivity index (χ1) is 14.0. The van der Waals surface area contributed by atoms with Gasteiger partial charge in [-0.05, 0) is 19.4 Å². The Balaban J connectivity index is 2.57. The molecule has 0 bridgehead atoms. The largest absolute Gasteiger partial charge is 0.480 e. The van der Waals surface area contributed by atoms with Gasteiger partial charge in [-0.3, -0.25) is 14.4 Å². The van der Waals surface area contributed by atoms with Crippen molar-refractivity contribution in [2.75, 3.05) is 0 Å². The van der Waals surface area contributed by atoms with Crippen LogP contribution in [0.4, 0.5) is 4.79 Å². The minimum Gasteiger partial charge on any atom is -0.480 e. The molecule has 0 fully saturated rings. The number of benzene rings is 1. The summed E-state index contributed by atoms with van der Waals surface area (Å²) in [5.41, 5.74) is 5.63. The van der Waals surface area contributed by atoms with Crippen LogP contribution in [0.25, 0.3) is 0 Å². The second-order valence-electron chi connectivity index (χ2n) is 6.15. The molecule has 0 aromatic heterocycles. The minimum atomic E-state index is -1.55. The third-order valence-corrected chi connectivity index (χ3v) is 3.66. The first-order valence-electron chi connectivity index (χ1n) is 9.08. The fraction of sp³-hybridized carbons (Fsp3) is 0.389. The van der Waals surface area contributed by atoms with Crippen molar-refractivity contribution in [3.05, 3.63) is 35.9 Å². The molecule has 29 heavy (non-hydrogen) atoms. The van der Waals surface area contributed by atoms with Crippen LogP contribution in [0.2, 0.25) is 1.41 Å². The molecule has 0 spiro atoms. The predicted octanol–water partition coefficient (Wildman–Crippen LogP) is -0.749. The van der Waals surface area contributed by atoms with Crippen molar-refractivity contribution in [2.45, 2.75) is 45.0 Å². The van der Waals surface area contributed by atoms with E-state index in [1.54, 1.807) is 30.3 Å². The number of amides is 4. The smallest absolute Gasteiger partial charge is 0.408 e. The lowest BCUT2D eigenvalue weighted by Crippen LogP contribution is -2.54. The van der Waals surface area contributed by atoms with Crippen molar-refractivity contribution in [2.24, 2.45) is 5.73 Å². The van der Waals surface area contributed by atoms with Crippen LogP contribution in [0.5, 0.6) is 0 Å². The van der Waals surface area contributed by atoms with Crippen LogP contribution in [0.15, 0.2) is 30.3 Å². The highest BCUT2D eigenvalue weighted by atomic mass is 16.5. The maximum absolute atomic E-state index is 12.2. The Morgan fingerprint density at radius 2 is 1.66 bits per heavy atom. The Hall–Kier alpha value is -3.63. The predicted molar refractivity (Wildman–Crippen MR) is 100 cm³/mol. The van der Waals surface area contributed by atoms with Crippen LogP contribution < -0.4 is 21.7 Å². The highest BCUT2D eigenvalue weighted by Crippen LogP contribution is 2.01. The van der Waals surface area contributed by atoms with Gasteiger partial charge in [0.05, 0.1) is 6.42 Å². The molecule has 0 heterocycles. The highest BCUT2D eigenvalue weighted by Gasteiger charge is 2.26. The lowest BCUT2D eigenvalue weighted by molar-refractivity contribution is -0.143. The van der Waals surface area contributed by atoms with Crippen molar-refractivity contribution in [3.63, 3.8) is 0 Å². The van der Waals surface area contributed by atoms with Crippen molar-refractivity contribution in [1.29, 1.82) is 0 Å². The fourth-order valence-corrected chi connectivity index (χ4v) is 2.07. The van der Waals surface area contributed by atoms with Gasteiger partial charge in [-0.1, -0.05) is 30.3 Å². The lowest BCUT2D eigenvalue weighted by atomic mass is 10.2. The number of carboxylic acid groups (broad SMARTS) is 1. The quantitative estimate of drug-likeness (QED) is 0.337. The molecule has 0 aliphatic rings. The number of ether oxygens (including phenoxy) is 1. The number of alkyl carbamates (subject to hydrolysis) is 1. The van der Waals surface area contributed by atoms with E-state index in [0.717, 1.165) is 0 Å². The monoisotopic (exact) mass is 409 g/mol. The van der Waals surface area contributed by atoms with E-state index in [0.29, 0.717) is 10.9 Å². The van der Waals surface area contributed by atoms with Gasteiger partial charge in [0.2, 0.25) is 17.7 Å². The van der Waals surface area contributed by atoms with E-state index < -0.39 is 54.3 Å². The van der Waals surface area contributed by atoms with Crippen LogP contribution in [-0.4, -0.2) is 53.0 Å². The SMILES string of the molecule is [2H]N(C(=O)OCc1ccccc1)[C@@H](C)C(=O)N[C@@H](C)C(=O)N[C@@H](CC(N)=O)C(=O)O. The van der Waals surface area contributed by atoms with E-state index in [4.69, 9.17) is 17.0 Å². The zero-order valence-electron chi connectivity index (χ0n) is 17.0. The maximum Gasteiger partial charge on any atom is 0.408 e. The van der Waals surface area contributed by atoms with Gasteiger partial charge in [-0.2, -0.15) is 0 Å². The number of nitrogens with one attached hydrogen (secondary N) is 3. The van der Waals surface area contributed by atoms with Crippen molar-refractivity contribution in [3.8, 4) is 0 Å². The number of carboxylic acids is 1. The minimum absolute atomic E-state index is 0.0847. The number of rotatable bonds is 10. The molecule has 158 valence electrons. The third kappa shape index (κ3) is 8.73. The van der Waals surface area contributed by atoms with Gasteiger partial charge in [-0.25, -0.2) is 9.59 Å². The summed E-state index contributed by atoms with van der Waals surface area (Å²) in [5, 5.41) is 13.6. The van der Waals surface area contributed by atoms with Gasteiger partial charge in [0.15, 0.2) is 1.41 Å². The zero-order chi connectivity index (χ0) is 22.8. The molecule has 6 N–H and O–H groups in total. The zero-order valence-corrected chi connectivity index (χ0v) is 16.0. The van der Waals surface area contributed by atoms with Crippen molar-refractivity contribution >= 4 is 29.8 Å². The van der Waals surface area contributed by atoms with Gasteiger partial charge in [0.25, 0.3) is 0 Å².